The van der Waals surface area contributed by atoms with Crippen LogP contribution in [0.5, 0.6) is 0 Å². The number of piperidine rings is 1. The lowest BCUT2D eigenvalue weighted by Gasteiger charge is -2.31. The summed E-state index contributed by atoms with van der Waals surface area (Å²) in [5, 5.41) is 8.94. The van der Waals surface area contributed by atoms with Crippen LogP contribution in [0.4, 0.5) is 5.69 Å². The third-order valence-corrected chi connectivity index (χ3v) is 4.09. The van der Waals surface area contributed by atoms with Gasteiger partial charge in [0, 0.05) is 25.3 Å². The van der Waals surface area contributed by atoms with Crippen LogP contribution in [0.1, 0.15) is 31.2 Å². The summed E-state index contributed by atoms with van der Waals surface area (Å²) in [6.45, 7) is 4.21. The summed E-state index contributed by atoms with van der Waals surface area (Å²) in [4.78, 5) is 27.1. The van der Waals surface area contributed by atoms with Gasteiger partial charge in [0.25, 0.3) is 0 Å². The van der Waals surface area contributed by atoms with Gasteiger partial charge in [-0.15, -0.1) is 0 Å². The van der Waals surface area contributed by atoms with Crippen LogP contribution in [0.15, 0.2) is 24.3 Å². The maximum Gasteiger partial charge on any atom is 0.305 e. The molecule has 0 bridgehead atoms. The van der Waals surface area contributed by atoms with Crippen LogP contribution in [-0.4, -0.2) is 48.1 Å². The highest BCUT2D eigenvalue weighted by Crippen LogP contribution is 2.20. The summed E-state index contributed by atoms with van der Waals surface area (Å²) in [6.07, 6.45) is 3.34. The maximum absolute atomic E-state index is 12.5. The Hall–Kier alpha value is -2.04. The number of rotatable bonds is 6. The predicted molar refractivity (Wildman–Crippen MR) is 86.1 cm³/mol. The van der Waals surface area contributed by atoms with Gasteiger partial charge in [-0.3, -0.25) is 9.59 Å². The van der Waals surface area contributed by atoms with E-state index in [0.29, 0.717) is 6.54 Å². The summed E-state index contributed by atoms with van der Waals surface area (Å²) >= 11 is 0. The minimum absolute atomic E-state index is 0.0294. The van der Waals surface area contributed by atoms with E-state index in [1.807, 2.05) is 41.0 Å². The van der Waals surface area contributed by atoms with E-state index >= 15 is 0 Å². The molecular formula is C17H24N2O3. The molecule has 1 fully saturated rings. The molecule has 1 saturated heterocycles. The molecule has 1 aromatic rings. The fourth-order valence-corrected chi connectivity index (χ4v) is 2.84. The summed E-state index contributed by atoms with van der Waals surface area (Å²) in [7, 11) is 0. The van der Waals surface area contributed by atoms with Crippen molar-refractivity contribution in [2.75, 3.05) is 31.1 Å². The van der Waals surface area contributed by atoms with Crippen LogP contribution in [-0.2, 0) is 9.59 Å². The van der Waals surface area contributed by atoms with Gasteiger partial charge in [0.1, 0.15) is 0 Å². The number of nitrogens with zero attached hydrogens (tertiary/aromatic N) is 2. The van der Waals surface area contributed by atoms with Gasteiger partial charge in [-0.1, -0.05) is 18.2 Å². The summed E-state index contributed by atoms with van der Waals surface area (Å²) in [5.41, 5.74) is 1.99. The highest BCUT2D eigenvalue weighted by atomic mass is 16.4. The third-order valence-electron chi connectivity index (χ3n) is 4.09. The Morgan fingerprint density at radius 1 is 1.18 bits per heavy atom. The highest BCUT2D eigenvalue weighted by Gasteiger charge is 2.20. The summed E-state index contributed by atoms with van der Waals surface area (Å²) in [6, 6.07) is 7.79. The molecule has 2 rings (SSSR count). The van der Waals surface area contributed by atoms with E-state index in [4.69, 9.17) is 5.11 Å². The fraction of sp³-hybridized carbons (Fsp3) is 0.529. The highest BCUT2D eigenvalue weighted by molar-refractivity contribution is 5.82. The van der Waals surface area contributed by atoms with Crippen molar-refractivity contribution in [1.82, 2.24) is 4.90 Å². The van der Waals surface area contributed by atoms with E-state index in [0.717, 1.165) is 37.2 Å². The Morgan fingerprint density at radius 3 is 2.50 bits per heavy atom. The predicted octanol–water partition coefficient (Wildman–Crippen LogP) is 2.29. The Labute approximate surface area is 131 Å². The van der Waals surface area contributed by atoms with Crippen molar-refractivity contribution in [1.29, 1.82) is 0 Å². The lowest BCUT2D eigenvalue weighted by Crippen LogP contribution is -2.43. The standard InChI is InChI=1S/C17H24N2O3/c1-14-7-3-4-8-15(14)19(12-9-17(21)22)13-16(20)18-10-5-2-6-11-18/h3-4,7-8H,2,5-6,9-13H2,1H3,(H,21,22). The number of likely N-dealkylation sites (tertiary alicyclic amines) is 1. The van der Waals surface area contributed by atoms with Gasteiger partial charge in [-0.25, -0.2) is 0 Å². The molecule has 1 aliphatic rings. The van der Waals surface area contributed by atoms with Gasteiger partial charge in [-0.2, -0.15) is 0 Å². The monoisotopic (exact) mass is 304 g/mol. The number of para-hydroxylation sites is 1. The number of aliphatic carboxylic acids is 1. The average molecular weight is 304 g/mol. The number of aryl methyl sites for hydroxylation is 1. The van der Waals surface area contributed by atoms with Gasteiger partial charge >= 0.3 is 5.97 Å². The lowest BCUT2D eigenvalue weighted by atomic mass is 10.1. The molecule has 1 aliphatic heterocycles. The molecule has 1 amide bonds. The van der Waals surface area contributed by atoms with E-state index in [1.54, 1.807) is 0 Å². The van der Waals surface area contributed by atoms with Crippen LogP contribution in [0.2, 0.25) is 0 Å². The van der Waals surface area contributed by atoms with E-state index < -0.39 is 5.97 Å². The van der Waals surface area contributed by atoms with E-state index in [9.17, 15) is 9.59 Å². The number of carboxylic acids is 1. The number of carbonyl (C=O) groups is 2. The van der Waals surface area contributed by atoms with Gasteiger partial charge < -0.3 is 14.9 Å². The molecule has 0 saturated carbocycles. The number of anilines is 1. The molecule has 0 atom stereocenters. The van der Waals surface area contributed by atoms with Crippen molar-refractivity contribution in [2.45, 2.75) is 32.6 Å². The molecular weight excluding hydrogens is 280 g/mol. The second-order valence-corrected chi connectivity index (χ2v) is 5.79. The maximum atomic E-state index is 12.5. The number of carboxylic acid groups (broad SMARTS) is 1. The van der Waals surface area contributed by atoms with Crippen LogP contribution in [0.3, 0.4) is 0 Å². The SMILES string of the molecule is Cc1ccccc1N(CCC(=O)O)CC(=O)N1CCCCC1. The zero-order valence-corrected chi connectivity index (χ0v) is 13.1. The van der Waals surface area contributed by atoms with E-state index in [-0.39, 0.29) is 18.9 Å². The molecule has 1 N–H and O–H groups in total. The smallest absolute Gasteiger partial charge is 0.305 e. The first-order chi connectivity index (χ1) is 10.6. The lowest BCUT2D eigenvalue weighted by molar-refractivity contribution is -0.137. The number of carbonyl (C=O) groups excluding carboxylic acids is 1. The minimum atomic E-state index is -0.844. The van der Waals surface area contributed by atoms with Gasteiger partial charge in [0.2, 0.25) is 5.91 Å². The molecule has 0 unspecified atom stereocenters. The molecule has 0 radical (unpaired) electrons. The summed E-state index contributed by atoms with van der Waals surface area (Å²) in [5.74, 6) is -0.752. The average Bonchev–Trinajstić information content (AvgIpc) is 2.52. The van der Waals surface area contributed by atoms with Crippen molar-refractivity contribution in [2.24, 2.45) is 0 Å². The molecule has 22 heavy (non-hydrogen) atoms. The molecule has 0 aromatic heterocycles. The van der Waals surface area contributed by atoms with Gasteiger partial charge in [-0.05, 0) is 37.8 Å². The number of hydrogen-bond donors (Lipinski definition) is 1. The van der Waals surface area contributed by atoms with Crippen LogP contribution in [0.25, 0.3) is 0 Å². The van der Waals surface area contributed by atoms with E-state index in [1.165, 1.54) is 6.42 Å². The topological polar surface area (TPSA) is 60.9 Å². The zero-order chi connectivity index (χ0) is 15.9. The molecule has 120 valence electrons. The first-order valence-electron chi connectivity index (χ1n) is 7.88. The first kappa shape index (κ1) is 16.3. The molecule has 5 heteroatoms. The van der Waals surface area contributed by atoms with Crippen molar-refractivity contribution in [3.8, 4) is 0 Å². The second kappa shape index (κ2) is 7.82. The van der Waals surface area contributed by atoms with Crippen molar-refractivity contribution < 1.29 is 14.7 Å². The Kier molecular flexibility index (Phi) is 5.81. The Morgan fingerprint density at radius 2 is 1.86 bits per heavy atom. The van der Waals surface area contributed by atoms with Gasteiger partial charge in [0.05, 0.1) is 13.0 Å². The molecule has 0 aliphatic carbocycles. The largest absolute Gasteiger partial charge is 0.481 e. The van der Waals surface area contributed by atoms with Crippen LogP contribution < -0.4 is 4.90 Å². The van der Waals surface area contributed by atoms with Crippen LogP contribution in [0, 0.1) is 6.92 Å². The van der Waals surface area contributed by atoms with Crippen molar-refractivity contribution >= 4 is 17.6 Å². The molecule has 0 spiro atoms. The molecule has 1 aromatic carbocycles. The Balaban J connectivity index is 2.08. The molecule has 5 nitrogen and oxygen atoms in total. The Bertz CT molecular complexity index is 524. The van der Waals surface area contributed by atoms with Crippen molar-refractivity contribution in [3.63, 3.8) is 0 Å². The summed E-state index contributed by atoms with van der Waals surface area (Å²) < 4.78 is 0. The number of benzene rings is 1. The third kappa shape index (κ3) is 4.48. The minimum Gasteiger partial charge on any atom is -0.481 e. The second-order valence-electron chi connectivity index (χ2n) is 5.79. The molecule has 1 heterocycles. The quantitative estimate of drug-likeness (QED) is 0.876. The number of hydrogen-bond acceptors (Lipinski definition) is 3. The van der Waals surface area contributed by atoms with Gasteiger partial charge in [0.15, 0.2) is 0 Å². The van der Waals surface area contributed by atoms with E-state index in [2.05, 4.69) is 0 Å². The zero-order valence-electron chi connectivity index (χ0n) is 13.1. The number of amides is 1. The fourth-order valence-electron chi connectivity index (χ4n) is 2.84. The first-order valence-corrected chi connectivity index (χ1v) is 7.88. The van der Waals surface area contributed by atoms with Crippen molar-refractivity contribution in [3.05, 3.63) is 29.8 Å². The normalized spacial score (nSPS) is 14.7. The van der Waals surface area contributed by atoms with Crippen LogP contribution >= 0.6 is 0 Å².